The second-order valence-corrected chi connectivity index (χ2v) is 4.06. The number of rotatable bonds is 4. The van der Waals surface area contributed by atoms with Crippen LogP contribution in [0.5, 0.6) is 0 Å². The number of carbonyl (C=O) groups is 2. The van der Waals surface area contributed by atoms with E-state index >= 15 is 0 Å². The molecule has 1 rings (SSSR count). The molecule has 16 heavy (non-hydrogen) atoms. The van der Waals surface area contributed by atoms with E-state index in [4.69, 9.17) is 10.5 Å². The quantitative estimate of drug-likeness (QED) is 0.583. The molecule has 1 fully saturated rings. The van der Waals surface area contributed by atoms with Gasteiger partial charge in [-0.25, -0.2) is 4.79 Å². The highest BCUT2D eigenvalue weighted by Crippen LogP contribution is 2.30. The molecule has 1 aliphatic rings. The molecule has 1 saturated carbocycles. The summed E-state index contributed by atoms with van der Waals surface area (Å²) in [5.41, 5.74) is 5.56. The third-order valence-electron chi connectivity index (χ3n) is 2.85. The summed E-state index contributed by atoms with van der Waals surface area (Å²) in [6, 6.07) is 0. The van der Waals surface area contributed by atoms with Crippen molar-refractivity contribution in [3.8, 4) is 0 Å². The van der Waals surface area contributed by atoms with E-state index < -0.39 is 11.9 Å². The van der Waals surface area contributed by atoms with Crippen LogP contribution < -0.4 is 5.73 Å². The van der Waals surface area contributed by atoms with Crippen LogP contribution in [0.15, 0.2) is 11.6 Å². The average molecular weight is 225 g/mol. The van der Waals surface area contributed by atoms with Crippen LogP contribution in [0.4, 0.5) is 0 Å². The van der Waals surface area contributed by atoms with Gasteiger partial charge in [-0.15, -0.1) is 0 Å². The van der Waals surface area contributed by atoms with Crippen LogP contribution in [-0.2, 0) is 14.3 Å². The molecule has 0 atom stereocenters. The van der Waals surface area contributed by atoms with Crippen molar-refractivity contribution in [1.29, 1.82) is 0 Å². The van der Waals surface area contributed by atoms with Gasteiger partial charge in [0.25, 0.3) is 0 Å². The number of carbonyl (C=O) groups excluding carboxylic acids is 2. The molecule has 2 N–H and O–H groups in total. The van der Waals surface area contributed by atoms with Crippen LogP contribution >= 0.6 is 0 Å². The third kappa shape index (κ3) is 3.68. The molecule has 0 unspecified atom stereocenters. The first-order valence-electron chi connectivity index (χ1n) is 5.83. The van der Waals surface area contributed by atoms with Crippen LogP contribution in [0.1, 0.15) is 39.0 Å². The molecule has 1 amide bonds. The van der Waals surface area contributed by atoms with Crippen molar-refractivity contribution in [1.82, 2.24) is 0 Å². The fourth-order valence-electron chi connectivity index (χ4n) is 2.12. The molecule has 0 radical (unpaired) electrons. The van der Waals surface area contributed by atoms with Crippen molar-refractivity contribution in [2.45, 2.75) is 39.0 Å². The minimum absolute atomic E-state index is 0.139. The van der Waals surface area contributed by atoms with Crippen molar-refractivity contribution in [3.63, 3.8) is 0 Å². The predicted octanol–water partition coefficient (Wildman–Crippen LogP) is 1.54. The van der Waals surface area contributed by atoms with Gasteiger partial charge in [0, 0.05) is 11.6 Å². The maximum atomic E-state index is 11.7. The van der Waals surface area contributed by atoms with Gasteiger partial charge in [-0.3, -0.25) is 4.79 Å². The zero-order valence-corrected chi connectivity index (χ0v) is 9.70. The van der Waals surface area contributed by atoms with E-state index in [0.717, 1.165) is 25.7 Å². The highest BCUT2D eigenvalue weighted by Gasteiger charge is 2.24. The van der Waals surface area contributed by atoms with Crippen molar-refractivity contribution < 1.29 is 14.3 Å². The van der Waals surface area contributed by atoms with Gasteiger partial charge in [0.15, 0.2) is 0 Å². The summed E-state index contributed by atoms with van der Waals surface area (Å²) in [7, 11) is 0. The Morgan fingerprint density at radius 3 is 2.44 bits per heavy atom. The normalized spacial score (nSPS) is 18.2. The van der Waals surface area contributed by atoms with Gasteiger partial charge in [0.2, 0.25) is 5.91 Å². The molecule has 4 nitrogen and oxygen atoms in total. The maximum Gasteiger partial charge on any atom is 0.334 e. The Bertz CT molecular complexity index is 291. The van der Waals surface area contributed by atoms with Gasteiger partial charge < -0.3 is 10.5 Å². The van der Waals surface area contributed by atoms with Gasteiger partial charge in [0.05, 0.1) is 6.61 Å². The highest BCUT2D eigenvalue weighted by molar-refractivity contribution is 5.98. The standard InChI is InChI=1S/C12H19NO3/c1-2-16-12(15)10(8-11(13)14)9-6-4-3-5-7-9/h8-9H,2-7H2,1H3,(H2,13,14). The lowest BCUT2D eigenvalue weighted by atomic mass is 9.83. The Hall–Kier alpha value is -1.32. The third-order valence-corrected chi connectivity index (χ3v) is 2.85. The largest absolute Gasteiger partial charge is 0.463 e. The molecule has 0 heterocycles. The lowest BCUT2D eigenvalue weighted by Crippen LogP contribution is -2.21. The number of nitrogens with two attached hydrogens (primary N) is 1. The number of hydrogen-bond acceptors (Lipinski definition) is 3. The van der Waals surface area contributed by atoms with Crippen LogP contribution in [0.25, 0.3) is 0 Å². The van der Waals surface area contributed by atoms with Crippen LogP contribution in [0.2, 0.25) is 0 Å². The molecule has 1 aliphatic carbocycles. The summed E-state index contributed by atoms with van der Waals surface area (Å²) < 4.78 is 4.94. The zero-order valence-electron chi connectivity index (χ0n) is 9.70. The fourth-order valence-corrected chi connectivity index (χ4v) is 2.12. The molecule has 0 saturated heterocycles. The second kappa shape index (κ2) is 6.30. The highest BCUT2D eigenvalue weighted by atomic mass is 16.5. The molecular formula is C12H19NO3. The van der Waals surface area contributed by atoms with Gasteiger partial charge in [-0.2, -0.15) is 0 Å². The molecule has 0 aromatic heterocycles. The van der Waals surface area contributed by atoms with Crippen molar-refractivity contribution in [3.05, 3.63) is 11.6 Å². The molecule has 0 aromatic rings. The molecule has 0 bridgehead atoms. The summed E-state index contributed by atoms with van der Waals surface area (Å²) >= 11 is 0. The summed E-state index contributed by atoms with van der Waals surface area (Å²) in [5, 5.41) is 0. The maximum absolute atomic E-state index is 11.7. The van der Waals surface area contributed by atoms with Gasteiger partial charge in [-0.05, 0) is 25.7 Å². The molecule has 0 aliphatic heterocycles. The van der Waals surface area contributed by atoms with Crippen molar-refractivity contribution >= 4 is 11.9 Å². The van der Waals surface area contributed by atoms with Crippen LogP contribution in [-0.4, -0.2) is 18.5 Å². The average Bonchev–Trinajstić information content (AvgIpc) is 2.27. The topological polar surface area (TPSA) is 69.4 Å². The number of hydrogen-bond donors (Lipinski definition) is 1. The van der Waals surface area contributed by atoms with E-state index in [-0.39, 0.29) is 5.92 Å². The van der Waals surface area contributed by atoms with E-state index in [1.807, 2.05) is 0 Å². The molecule has 4 heteroatoms. The summed E-state index contributed by atoms with van der Waals surface area (Å²) in [5.74, 6) is -0.831. The molecule has 0 aromatic carbocycles. The van der Waals surface area contributed by atoms with Crippen molar-refractivity contribution in [2.75, 3.05) is 6.61 Å². The van der Waals surface area contributed by atoms with Gasteiger partial charge >= 0.3 is 5.97 Å². The second-order valence-electron chi connectivity index (χ2n) is 4.06. The zero-order chi connectivity index (χ0) is 12.0. The summed E-state index contributed by atoms with van der Waals surface area (Å²) in [6.07, 6.45) is 6.51. The van der Waals surface area contributed by atoms with Crippen LogP contribution in [0.3, 0.4) is 0 Å². The van der Waals surface area contributed by atoms with Gasteiger partial charge in [-0.1, -0.05) is 19.3 Å². The first-order valence-corrected chi connectivity index (χ1v) is 5.83. The Balaban J connectivity index is 2.77. The van der Waals surface area contributed by atoms with E-state index in [0.29, 0.717) is 12.2 Å². The minimum atomic E-state index is -0.575. The number of primary amides is 1. The summed E-state index contributed by atoms with van der Waals surface area (Å²) in [6.45, 7) is 2.07. The minimum Gasteiger partial charge on any atom is -0.463 e. The molecule has 90 valence electrons. The first kappa shape index (κ1) is 12.7. The van der Waals surface area contributed by atoms with Crippen molar-refractivity contribution in [2.24, 2.45) is 11.7 Å². The molecular weight excluding hydrogens is 206 g/mol. The lowest BCUT2D eigenvalue weighted by molar-refractivity contribution is -0.139. The SMILES string of the molecule is CCOC(=O)C(=CC(N)=O)C1CCCCC1. The fraction of sp³-hybridized carbons (Fsp3) is 0.667. The Morgan fingerprint density at radius 1 is 1.31 bits per heavy atom. The number of esters is 1. The monoisotopic (exact) mass is 225 g/mol. The van der Waals surface area contributed by atoms with Crippen LogP contribution in [0, 0.1) is 5.92 Å². The number of ether oxygens (including phenoxy) is 1. The lowest BCUT2D eigenvalue weighted by Gasteiger charge is -2.23. The molecule has 0 spiro atoms. The smallest absolute Gasteiger partial charge is 0.334 e. The van der Waals surface area contributed by atoms with E-state index in [1.54, 1.807) is 6.92 Å². The Kier molecular flexibility index (Phi) is 5.02. The Labute approximate surface area is 95.8 Å². The van der Waals surface area contributed by atoms with E-state index in [1.165, 1.54) is 12.5 Å². The summed E-state index contributed by atoms with van der Waals surface area (Å²) in [4.78, 5) is 22.6. The van der Waals surface area contributed by atoms with Gasteiger partial charge in [0.1, 0.15) is 0 Å². The van der Waals surface area contributed by atoms with E-state index in [2.05, 4.69) is 0 Å². The number of amides is 1. The first-order chi connectivity index (χ1) is 7.65. The Morgan fingerprint density at radius 2 is 1.94 bits per heavy atom. The predicted molar refractivity (Wildman–Crippen MR) is 60.5 cm³/mol. The van der Waals surface area contributed by atoms with E-state index in [9.17, 15) is 9.59 Å².